The summed E-state index contributed by atoms with van der Waals surface area (Å²) in [5, 5.41) is 0. The number of rotatable bonds is 5. The van der Waals surface area contributed by atoms with E-state index < -0.39 is 33.9 Å². The van der Waals surface area contributed by atoms with Gasteiger partial charge in [-0.1, -0.05) is 13.8 Å². The molecule has 0 saturated carbocycles. The maximum atomic E-state index is 11.9. The molecule has 0 unspecified atom stereocenters. The summed E-state index contributed by atoms with van der Waals surface area (Å²) in [6, 6.07) is -1.11. The van der Waals surface area contributed by atoms with Gasteiger partial charge in [0.05, 0.1) is 7.11 Å². The van der Waals surface area contributed by atoms with Crippen LogP contribution < -0.4 is 9.44 Å². The second kappa shape index (κ2) is 6.89. The Morgan fingerprint density at radius 1 is 1.15 bits per heavy atom. The van der Waals surface area contributed by atoms with E-state index in [1.165, 1.54) is 0 Å². The van der Waals surface area contributed by atoms with Gasteiger partial charge in [0.25, 0.3) is 0 Å². The van der Waals surface area contributed by atoms with E-state index in [1.807, 2.05) is 0 Å². The molecule has 1 atom stereocenters. The number of hydrogen-bond acceptors (Lipinski definition) is 6. The largest absolute Gasteiger partial charge is 0.459 e. The molecule has 1 amide bonds. The third kappa shape index (κ3) is 7.29. The van der Waals surface area contributed by atoms with Gasteiger partial charge in [-0.3, -0.25) is 4.79 Å². The third-order valence-corrected chi connectivity index (χ3v) is 3.01. The van der Waals surface area contributed by atoms with Crippen LogP contribution in [0, 0.1) is 5.92 Å². The molecule has 9 heteroatoms. The molecular weight excluding hydrogens is 288 g/mol. The predicted octanol–water partition coefficient (Wildman–Crippen LogP) is 0.543. The lowest BCUT2D eigenvalue weighted by atomic mass is 10.1. The van der Waals surface area contributed by atoms with Crippen LogP contribution in [-0.2, 0) is 24.5 Å². The van der Waals surface area contributed by atoms with Crippen molar-refractivity contribution >= 4 is 22.3 Å². The molecule has 0 aromatic rings. The minimum atomic E-state index is -4.21. The zero-order valence-electron chi connectivity index (χ0n) is 12.5. The van der Waals surface area contributed by atoms with E-state index in [-0.39, 0.29) is 5.92 Å². The van der Waals surface area contributed by atoms with Gasteiger partial charge in [-0.2, -0.15) is 13.1 Å². The summed E-state index contributed by atoms with van der Waals surface area (Å²) in [6.45, 7) is 8.31. The monoisotopic (exact) mass is 310 g/mol. The van der Waals surface area contributed by atoms with Gasteiger partial charge in [-0.15, -0.1) is 0 Å². The molecule has 0 aliphatic rings. The number of hydrogen-bond donors (Lipinski definition) is 2. The maximum Gasteiger partial charge on any atom is 0.421 e. The van der Waals surface area contributed by atoms with Crippen LogP contribution in [0.4, 0.5) is 4.79 Å². The van der Waals surface area contributed by atoms with Gasteiger partial charge in [0.15, 0.2) is 0 Å². The van der Waals surface area contributed by atoms with Crippen molar-refractivity contribution in [3.05, 3.63) is 0 Å². The first kappa shape index (κ1) is 18.7. The molecule has 0 spiro atoms. The number of nitrogens with one attached hydrogen (secondary N) is 2. The van der Waals surface area contributed by atoms with Crippen molar-refractivity contribution in [2.24, 2.45) is 5.92 Å². The molecule has 0 aromatic carbocycles. The van der Waals surface area contributed by atoms with Gasteiger partial charge < -0.3 is 9.47 Å². The minimum Gasteiger partial charge on any atom is -0.459 e. The smallest absolute Gasteiger partial charge is 0.421 e. The molecule has 2 N–H and O–H groups in total. The molecule has 118 valence electrons. The van der Waals surface area contributed by atoms with Crippen molar-refractivity contribution in [2.75, 3.05) is 7.11 Å². The molecule has 0 aliphatic carbocycles. The Hall–Kier alpha value is -1.35. The highest BCUT2D eigenvalue weighted by molar-refractivity contribution is 7.88. The molecule has 0 aliphatic heterocycles. The summed E-state index contributed by atoms with van der Waals surface area (Å²) < 4.78 is 36.3. The van der Waals surface area contributed by atoms with Crippen molar-refractivity contribution in [3.8, 4) is 0 Å². The van der Waals surface area contributed by atoms with E-state index in [2.05, 4.69) is 9.46 Å². The van der Waals surface area contributed by atoms with E-state index in [1.54, 1.807) is 39.3 Å². The zero-order chi connectivity index (χ0) is 16.1. The first-order valence-electron chi connectivity index (χ1n) is 5.99. The van der Waals surface area contributed by atoms with E-state index in [0.29, 0.717) is 0 Å². The minimum absolute atomic E-state index is 0.362. The van der Waals surface area contributed by atoms with Crippen LogP contribution in [0.3, 0.4) is 0 Å². The highest BCUT2D eigenvalue weighted by atomic mass is 32.2. The lowest BCUT2D eigenvalue weighted by molar-refractivity contribution is -0.158. The standard InChI is InChI=1S/C11H22N2O6S/c1-7(2)8(9(14)19-11(3,4)5)12-20(16,17)13-10(15)18-6/h7-8,12H,1-6H3,(H,13,15)/t8-/m0/s1. The second-order valence-corrected chi connectivity index (χ2v) is 6.92. The first-order valence-corrected chi connectivity index (χ1v) is 7.47. The molecule has 0 fully saturated rings. The normalized spacial score (nSPS) is 13.8. The van der Waals surface area contributed by atoms with Crippen LogP contribution in [0.25, 0.3) is 0 Å². The van der Waals surface area contributed by atoms with Crippen LogP contribution in [-0.4, -0.2) is 39.2 Å². The fourth-order valence-corrected chi connectivity index (χ4v) is 2.23. The molecule has 0 saturated heterocycles. The number of carbonyl (C=O) groups excluding carboxylic acids is 2. The van der Waals surface area contributed by atoms with Crippen LogP contribution in [0.15, 0.2) is 0 Å². The predicted molar refractivity (Wildman–Crippen MR) is 72.1 cm³/mol. The Labute approximate surface area is 119 Å². The average molecular weight is 310 g/mol. The molecule has 0 rings (SSSR count). The van der Waals surface area contributed by atoms with E-state index in [4.69, 9.17) is 4.74 Å². The van der Waals surface area contributed by atoms with Gasteiger partial charge in [0.1, 0.15) is 11.6 Å². The van der Waals surface area contributed by atoms with Gasteiger partial charge >= 0.3 is 22.3 Å². The Kier molecular flexibility index (Phi) is 6.42. The summed E-state index contributed by atoms with van der Waals surface area (Å²) in [6.07, 6.45) is -1.15. The lowest BCUT2D eigenvalue weighted by Gasteiger charge is -2.26. The van der Waals surface area contributed by atoms with E-state index in [0.717, 1.165) is 7.11 Å². The Morgan fingerprint density at radius 3 is 2.00 bits per heavy atom. The van der Waals surface area contributed by atoms with Gasteiger partial charge in [0.2, 0.25) is 0 Å². The number of esters is 1. The number of carbonyl (C=O) groups is 2. The van der Waals surface area contributed by atoms with Crippen molar-refractivity contribution in [1.29, 1.82) is 0 Å². The third-order valence-electron chi connectivity index (χ3n) is 2.01. The maximum absolute atomic E-state index is 11.9. The highest BCUT2D eigenvalue weighted by Crippen LogP contribution is 2.12. The van der Waals surface area contributed by atoms with Crippen molar-refractivity contribution < 1.29 is 27.5 Å². The molecule has 0 bridgehead atoms. The van der Waals surface area contributed by atoms with Crippen LogP contribution in [0.5, 0.6) is 0 Å². The molecular formula is C11H22N2O6S. The average Bonchev–Trinajstić information content (AvgIpc) is 2.22. The number of methoxy groups -OCH3 is 1. The van der Waals surface area contributed by atoms with Crippen LogP contribution in [0.2, 0.25) is 0 Å². The topological polar surface area (TPSA) is 111 Å². The quantitative estimate of drug-likeness (QED) is 0.717. The van der Waals surface area contributed by atoms with Gasteiger partial charge in [-0.05, 0) is 26.7 Å². The van der Waals surface area contributed by atoms with E-state index >= 15 is 0 Å². The summed E-state index contributed by atoms with van der Waals surface area (Å²) in [7, 11) is -3.19. The van der Waals surface area contributed by atoms with Crippen molar-refractivity contribution in [2.45, 2.75) is 46.3 Å². The second-order valence-electron chi connectivity index (χ2n) is 5.47. The lowest BCUT2D eigenvalue weighted by Crippen LogP contribution is -2.51. The Bertz CT molecular complexity index is 452. The first-order chi connectivity index (χ1) is 8.88. The van der Waals surface area contributed by atoms with Crippen molar-refractivity contribution in [3.63, 3.8) is 0 Å². The van der Waals surface area contributed by atoms with Gasteiger partial charge in [-0.25, -0.2) is 9.52 Å². The molecule has 0 radical (unpaired) electrons. The molecule has 0 aromatic heterocycles. The van der Waals surface area contributed by atoms with Crippen LogP contribution >= 0.6 is 0 Å². The molecule has 0 heterocycles. The Morgan fingerprint density at radius 2 is 1.65 bits per heavy atom. The van der Waals surface area contributed by atoms with E-state index in [9.17, 15) is 18.0 Å². The number of amides is 1. The molecule has 20 heavy (non-hydrogen) atoms. The van der Waals surface area contributed by atoms with Crippen molar-refractivity contribution in [1.82, 2.24) is 9.44 Å². The Balaban J connectivity index is 4.96. The SMILES string of the molecule is COC(=O)NS(=O)(=O)N[C@H](C(=O)OC(C)(C)C)C(C)C. The fraction of sp³-hybridized carbons (Fsp3) is 0.818. The zero-order valence-corrected chi connectivity index (χ0v) is 13.3. The summed E-state index contributed by atoms with van der Waals surface area (Å²) in [4.78, 5) is 22.8. The molecule has 8 nitrogen and oxygen atoms in total. The van der Waals surface area contributed by atoms with Gasteiger partial charge in [0, 0.05) is 0 Å². The number of ether oxygens (including phenoxy) is 2. The highest BCUT2D eigenvalue weighted by Gasteiger charge is 2.32. The fourth-order valence-electron chi connectivity index (χ4n) is 1.17. The summed E-state index contributed by atoms with van der Waals surface area (Å²) in [5.74, 6) is -1.08. The summed E-state index contributed by atoms with van der Waals surface area (Å²) in [5.41, 5.74) is -0.745. The van der Waals surface area contributed by atoms with Crippen LogP contribution in [0.1, 0.15) is 34.6 Å². The summed E-state index contributed by atoms with van der Waals surface area (Å²) >= 11 is 0.